The molecular formula is C19H29N5O2S. The summed E-state index contributed by atoms with van der Waals surface area (Å²) in [6.45, 7) is 7.32. The number of carbonyl (C=O) groups is 1. The Morgan fingerprint density at radius 2 is 1.96 bits per heavy atom. The lowest BCUT2D eigenvalue weighted by atomic mass is 10.2. The number of amides is 1. The summed E-state index contributed by atoms with van der Waals surface area (Å²) in [5.74, 6) is -0.101. The number of aromatic nitrogens is 3. The van der Waals surface area contributed by atoms with Gasteiger partial charge in [0.05, 0.1) is 6.10 Å². The van der Waals surface area contributed by atoms with Gasteiger partial charge in [-0.3, -0.25) is 9.36 Å². The van der Waals surface area contributed by atoms with Crippen LogP contribution < -0.4 is 10.2 Å². The van der Waals surface area contributed by atoms with E-state index in [0.29, 0.717) is 18.8 Å². The van der Waals surface area contributed by atoms with E-state index in [9.17, 15) is 4.79 Å². The van der Waals surface area contributed by atoms with Crippen LogP contribution in [0.2, 0.25) is 0 Å². The van der Waals surface area contributed by atoms with Crippen LogP contribution in [0.5, 0.6) is 0 Å². The third kappa shape index (κ3) is 5.52. The third-order valence-electron chi connectivity index (χ3n) is 4.53. The molecule has 1 aliphatic rings. The van der Waals surface area contributed by atoms with E-state index in [4.69, 9.17) is 4.74 Å². The maximum atomic E-state index is 12.5. The molecular weight excluding hydrogens is 362 g/mol. The third-order valence-corrected chi connectivity index (χ3v) is 5.51. The minimum atomic E-state index is -0.101. The largest absolute Gasteiger partial charge is 0.379 e. The lowest BCUT2D eigenvalue weighted by molar-refractivity contribution is 0.0756. The number of ether oxygens (including phenoxy) is 1. The average Bonchev–Trinajstić information content (AvgIpc) is 3.24. The molecule has 0 bridgehead atoms. The SMILES string of the molecule is CC(C)OCCCNC(=O)c1cccn1-c1nnc(N2CCCCCC2)s1. The van der Waals surface area contributed by atoms with Gasteiger partial charge in [0.1, 0.15) is 5.69 Å². The van der Waals surface area contributed by atoms with Crippen LogP contribution in [-0.4, -0.2) is 53.0 Å². The van der Waals surface area contributed by atoms with Crippen LogP contribution in [0, 0.1) is 0 Å². The van der Waals surface area contributed by atoms with Crippen molar-refractivity contribution in [1.82, 2.24) is 20.1 Å². The van der Waals surface area contributed by atoms with Crippen molar-refractivity contribution >= 4 is 22.4 Å². The maximum absolute atomic E-state index is 12.5. The molecule has 0 radical (unpaired) electrons. The normalized spacial score (nSPS) is 15.1. The molecule has 2 aromatic rings. The van der Waals surface area contributed by atoms with Gasteiger partial charge in [-0.15, -0.1) is 10.2 Å². The Balaban J connectivity index is 1.60. The molecule has 0 unspecified atom stereocenters. The highest BCUT2D eigenvalue weighted by Crippen LogP contribution is 2.26. The molecule has 1 N–H and O–H groups in total. The van der Waals surface area contributed by atoms with Crippen molar-refractivity contribution < 1.29 is 9.53 Å². The fraction of sp³-hybridized carbons (Fsp3) is 0.632. The topological polar surface area (TPSA) is 72.3 Å². The first kappa shape index (κ1) is 19.8. The van der Waals surface area contributed by atoms with E-state index in [1.807, 2.05) is 36.7 Å². The van der Waals surface area contributed by atoms with E-state index in [2.05, 4.69) is 20.4 Å². The molecule has 0 aromatic carbocycles. The highest BCUT2D eigenvalue weighted by molar-refractivity contribution is 7.17. The van der Waals surface area contributed by atoms with Gasteiger partial charge in [-0.1, -0.05) is 24.2 Å². The van der Waals surface area contributed by atoms with Crippen LogP contribution in [0.3, 0.4) is 0 Å². The monoisotopic (exact) mass is 391 g/mol. The summed E-state index contributed by atoms with van der Waals surface area (Å²) in [5.41, 5.74) is 0.582. The first-order valence-corrected chi connectivity index (χ1v) is 10.6. The Kier molecular flexibility index (Phi) is 7.23. The zero-order valence-corrected chi connectivity index (χ0v) is 17.0. The maximum Gasteiger partial charge on any atom is 0.268 e. The summed E-state index contributed by atoms with van der Waals surface area (Å²) in [5, 5.41) is 13.3. The van der Waals surface area contributed by atoms with Crippen molar-refractivity contribution in [3.05, 3.63) is 24.0 Å². The average molecular weight is 392 g/mol. The summed E-state index contributed by atoms with van der Waals surface area (Å²) < 4.78 is 7.32. The van der Waals surface area contributed by atoms with Gasteiger partial charge in [0, 0.05) is 32.4 Å². The molecule has 0 aliphatic carbocycles. The van der Waals surface area contributed by atoms with Crippen LogP contribution in [0.4, 0.5) is 5.13 Å². The van der Waals surface area contributed by atoms with Gasteiger partial charge in [-0.25, -0.2) is 0 Å². The second-order valence-electron chi connectivity index (χ2n) is 7.06. The Morgan fingerprint density at radius 3 is 2.70 bits per heavy atom. The number of rotatable bonds is 8. The van der Waals surface area contributed by atoms with Crippen LogP contribution >= 0.6 is 11.3 Å². The molecule has 0 spiro atoms. The molecule has 7 nitrogen and oxygen atoms in total. The van der Waals surface area contributed by atoms with Crippen LogP contribution in [0.15, 0.2) is 18.3 Å². The van der Waals surface area contributed by atoms with E-state index in [1.54, 1.807) is 0 Å². The number of hydrogen-bond donors (Lipinski definition) is 1. The highest BCUT2D eigenvalue weighted by atomic mass is 32.1. The molecule has 0 saturated carbocycles. The number of nitrogens with one attached hydrogen (secondary N) is 1. The first-order chi connectivity index (χ1) is 13.1. The van der Waals surface area contributed by atoms with Gasteiger partial charge in [0.25, 0.3) is 5.91 Å². The summed E-state index contributed by atoms with van der Waals surface area (Å²) in [7, 11) is 0. The van der Waals surface area contributed by atoms with E-state index in [-0.39, 0.29) is 12.0 Å². The Labute approximate surface area is 164 Å². The molecule has 2 aromatic heterocycles. The fourth-order valence-corrected chi connectivity index (χ4v) is 4.01. The molecule has 1 fully saturated rings. The smallest absolute Gasteiger partial charge is 0.268 e. The molecule has 0 atom stereocenters. The minimum Gasteiger partial charge on any atom is -0.379 e. The summed E-state index contributed by atoms with van der Waals surface area (Å²) in [6.07, 6.45) is 7.85. The first-order valence-electron chi connectivity index (χ1n) is 9.81. The second-order valence-corrected chi connectivity index (χ2v) is 8.00. The van der Waals surface area contributed by atoms with Gasteiger partial charge >= 0.3 is 0 Å². The number of carbonyl (C=O) groups excluding carboxylic acids is 1. The standard InChI is InChI=1S/C19H29N5O2S/c1-15(2)26-14-8-10-20-17(25)16-9-7-13-24(16)19-22-21-18(27-19)23-11-5-3-4-6-12-23/h7,9,13,15H,3-6,8,10-12,14H2,1-2H3,(H,20,25). The van der Waals surface area contributed by atoms with Gasteiger partial charge in [-0.2, -0.15) is 0 Å². The zero-order chi connectivity index (χ0) is 19.1. The molecule has 27 heavy (non-hydrogen) atoms. The zero-order valence-electron chi connectivity index (χ0n) is 16.2. The van der Waals surface area contributed by atoms with Crippen molar-refractivity contribution in [2.75, 3.05) is 31.1 Å². The van der Waals surface area contributed by atoms with Crippen molar-refractivity contribution in [2.24, 2.45) is 0 Å². The molecule has 1 saturated heterocycles. The Morgan fingerprint density at radius 1 is 1.22 bits per heavy atom. The summed E-state index contributed by atoms with van der Waals surface area (Å²) >= 11 is 1.54. The molecule has 3 rings (SSSR count). The summed E-state index contributed by atoms with van der Waals surface area (Å²) in [4.78, 5) is 14.8. The molecule has 3 heterocycles. The van der Waals surface area contributed by atoms with Gasteiger partial charge in [0.2, 0.25) is 10.3 Å². The molecule has 8 heteroatoms. The van der Waals surface area contributed by atoms with Gasteiger partial charge in [0.15, 0.2) is 0 Å². The van der Waals surface area contributed by atoms with Crippen LogP contribution in [-0.2, 0) is 4.74 Å². The predicted octanol–water partition coefficient (Wildman–Crippen LogP) is 3.25. The van der Waals surface area contributed by atoms with Gasteiger partial charge < -0.3 is 15.0 Å². The minimum absolute atomic E-state index is 0.101. The van der Waals surface area contributed by atoms with E-state index in [0.717, 1.165) is 29.8 Å². The lowest BCUT2D eigenvalue weighted by Crippen LogP contribution is -2.27. The van der Waals surface area contributed by atoms with Crippen molar-refractivity contribution in [3.8, 4) is 5.13 Å². The van der Waals surface area contributed by atoms with Crippen LogP contribution in [0.25, 0.3) is 5.13 Å². The van der Waals surface area contributed by atoms with Crippen LogP contribution in [0.1, 0.15) is 56.4 Å². The number of hydrogen-bond acceptors (Lipinski definition) is 6. The van der Waals surface area contributed by atoms with Crippen molar-refractivity contribution in [3.63, 3.8) is 0 Å². The van der Waals surface area contributed by atoms with Crippen molar-refractivity contribution in [2.45, 2.75) is 52.1 Å². The number of nitrogens with zero attached hydrogens (tertiary/aromatic N) is 4. The summed E-state index contributed by atoms with van der Waals surface area (Å²) in [6, 6.07) is 3.68. The van der Waals surface area contributed by atoms with E-state index < -0.39 is 0 Å². The van der Waals surface area contributed by atoms with E-state index in [1.165, 1.54) is 37.0 Å². The quantitative estimate of drug-likeness (QED) is 0.700. The molecule has 1 aliphatic heterocycles. The predicted molar refractivity (Wildman–Crippen MR) is 108 cm³/mol. The van der Waals surface area contributed by atoms with E-state index >= 15 is 0 Å². The van der Waals surface area contributed by atoms with Crippen molar-refractivity contribution in [1.29, 1.82) is 0 Å². The molecule has 148 valence electrons. The number of anilines is 1. The lowest BCUT2D eigenvalue weighted by Gasteiger charge is -2.17. The fourth-order valence-electron chi connectivity index (χ4n) is 3.11. The molecule has 1 amide bonds. The Hall–Kier alpha value is -1.93. The van der Waals surface area contributed by atoms with Gasteiger partial charge in [-0.05, 0) is 45.2 Å². The highest BCUT2D eigenvalue weighted by Gasteiger charge is 2.18. The second kappa shape index (κ2) is 9.85. The Bertz CT molecular complexity index is 719.